The van der Waals surface area contributed by atoms with Crippen molar-refractivity contribution < 1.29 is 0 Å². The van der Waals surface area contributed by atoms with E-state index in [4.69, 9.17) is 23.8 Å². The van der Waals surface area contributed by atoms with E-state index in [2.05, 4.69) is 33.0 Å². The Morgan fingerprint density at radius 1 is 1.29 bits per heavy atom. The molecule has 1 aliphatic rings. The number of likely N-dealkylation sites (tertiary alicyclic amines) is 1. The molecule has 3 rings (SSSR count). The molecule has 0 unspecified atom stereocenters. The summed E-state index contributed by atoms with van der Waals surface area (Å²) in [5.74, 6) is 0. The smallest absolute Gasteiger partial charge is 0.170 e. The number of nitrogens with one attached hydrogen (secondary N) is 2. The predicted molar refractivity (Wildman–Crippen MR) is 108 cm³/mol. The van der Waals surface area contributed by atoms with Crippen LogP contribution in [0.5, 0.6) is 0 Å². The van der Waals surface area contributed by atoms with E-state index >= 15 is 0 Å². The van der Waals surface area contributed by atoms with Gasteiger partial charge in [0.25, 0.3) is 0 Å². The zero-order valence-corrected chi connectivity index (χ0v) is 16.1. The van der Waals surface area contributed by atoms with Crippen molar-refractivity contribution in [1.82, 2.24) is 10.2 Å². The fraction of sp³-hybridized carbons (Fsp3) is 0.389. The molecule has 1 aromatic carbocycles. The van der Waals surface area contributed by atoms with Crippen molar-refractivity contribution in [2.24, 2.45) is 0 Å². The summed E-state index contributed by atoms with van der Waals surface area (Å²) in [4.78, 5) is 3.94. The molecule has 2 aromatic rings. The predicted octanol–water partition coefficient (Wildman–Crippen LogP) is 4.83. The molecule has 128 valence electrons. The van der Waals surface area contributed by atoms with Crippen LogP contribution >= 0.6 is 35.2 Å². The van der Waals surface area contributed by atoms with Crippen LogP contribution in [0.15, 0.2) is 35.7 Å². The lowest BCUT2D eigenvalue weighted by Crippen LogP contribution is -2.38. The van der Waals surface area contributed by atoms with Gasteiger partial charge in [0.1, 0.15) is 0 Å². The number of thiocarbonyl (C=S) groups is 1. The van der Waals surface area contributed by atoms with Crippen LogP contribution < -0.4 is 10.6 Å². The van der Waals surface area contributed by atoms with E-state index in [0.717, 1.165) is 35.9 Å². The maximum atomic E-state index is 6.17. The SMILES string of the molecule is Cc1c(Cl)cccc1NC(=S)NC[C@@H](c1cccs1)N1CCCC1. The molecule has 0 amide bonds. The Hall–Kier alpha value is -1.14. The fourth-order valence-electron chi connectivity index (χ4n) is 3.04. The molecular weight excluding hydrogens is 358 g/mol. The molecule has 1 aliphatic heterocycles. The monoisotopic (exact) mass is 379 g/mol. The Morgan fingerprint density at radius 2 is 2.08 bits per heavy atom. The molecule has 0 saturated carbocycles. The van der Waals surface area contributed by atoms with Gasteiger partial charge in [-0.1, -0.05) is 23.7 Å². The number of anilines is 1. The van der Waals surface area contributed by atoms with Crippen LogP contribution in [0, 0.1) is 6.92 Å². The van der Waals surface area contributed by atoms with E-state index in [-0.39, 0.29) is 0 Å². The molecule has 0 bridgehead atoms. The van der Waals surface area contributed by atoms with Gasteiger partial charge in [-0.3, -0.25) is 4.90 Å². The molecule has 1 atom stereocenters. The van der Waals surface area contributed by atoms with Gasteiger partial charge in [0.2, 0.25) is 0 Å². The van der Waals surface area contributed by atoms with Gasteiger partial charge >= 0.3 is 0 Å². The molecule has 2 N–H and O–H groups in total. The molecule has 2 heterocycles. The summed E-state index contributed by atoms with van der Waals surface area (Å²) in [6.45, 7) is 5.13. The normalized spacial score (nSPS) is 16.1. The largest absolute Gasteiger partial charge is 0.360 e. The van der Waals surface area contributed by atoms with E-state index < -0.39 is 0 Å². The number of rotatable bonds is 5. The van der Waals surface area contributed by atoms with Gasteiger partial charge in [-0.25, -0.2) is 0 Å². The summed E-state index contributed by atoms with van der Waals surface area (Å²) < 4.78 is 0. The molecule has 0 radical (unpaired) electrons. The average Bonchev–Trinajstić information content (AvgIpc) is 3.26. The molecule has 1 aromatic heterocycles. The van der Waals surface area contributed by atoms with Crippen LogP contribution in [-0.2, 0) is 0 Å². The minimum Gasteiger partial charge on any atom is -0.360 e. The fourth-order valence-corrected chi connectivity index (χ4v) is 4.27. The molecule has 24 heavy (non-hydrogen) atoms. The van der Waals surface area contributed by atoms with Crippen LogP contribution in [0.4, 0.5) is 5.69 Å². The van der Waals surface area contributed by atoms with E-state index in [1.165, 1.54) is 17.7 Å². The van der Waals surface area contributed by atoms with Gasteiger partial charge in [0.05, 0.1) is 6.04 Å². The van der Waals surface area contributed by atoms with Gasteiger partial charge in [-0.05, 0) is 74.2 Å². The second kappa shape index (κ2) is 8.30. The van der Waals surface area contributed by atoms with E-state index in [0.29, 0.717) is 11.2 Å². The number of thiophene rings is 1. The van der Waals surface area contributed by atoms with E-state index in [9.17, 15) is 0 Å². The first-order chi connectivity index (χ1) is 11.6. The minimum absolute atomic E-state index is 0.382. The minimum atomic E-state index is 0.382. The third-order valence-electron chi connectivity index (χ3n) is 4.42. The van der Waals surface area contributed by atoms with Crippen molar-refractivity contribution in [2.45, 2.75) is 25.8 Å². The second-order valence-electron chi connectivity index (χ2n) is 6.02. The molecule has 6 heteroatoms. The van der Waals surface area contributed by atoms with Crippen molar-refractivity contribution in [3.05, 3.63) is 51.2 Å². The molecule has 3 nitrogen and oxygen atoms in total. The number of benzene rings is 1. The van der Waals surface area contributed by atoms with E-state index in [1.54, 1.807) is 0 Å². The first-order valence-corrected chi connectivity index (χ1v) is 9.89. The van der Waals surface area contributed by atoms with Crippen molar-refractivity contribution in [3.8, 4) is 0 Å². The van der Waals surface area contributed by atoms with Crippen LogP contribution in [-0.4, -0.2) is 29.6 Å². The first kappa shape index (κ1) is 17.7. The molecule has 1 saturated heterocycles. The van der Waals surface area contributed by atoms with Crippen LogP contribution in [0.25, 0.3) is 0 Å². The van der Waals surface area contributed by atoms with Crippen LogP contribution in [0.2, 0.25) is 5.02 Å². The highest BCUT2D eigenvalue weighted by Crippen LogP contribution is 2.28. The average molecular weight is 380 g/mol. The Bertz CT molecular complexity index is 682. The highest BCUT2D eigenvalue weighted by molar-refractivity contribution is 7.80. The maximum absolute atomic E-state index is 6.17. The van der Waals surface area contributed by atoms with Gasteiger partial charge in [-0.15, -0.1) is 11.3 Å². The standard InChI is InChI=1S/C18H22ClN3S2/c1-13-14(19)6-4-7-15(13)21-18(23)20-12-16(17-8-5-11-24-17)22-9-2-3-10-22/h4-8,11,16H,2-3,9-10,12H2,1H3,(H2,20,21,23)/t16-/m0/s1. The molecule has 0 spiro atoms. The Labute approximate surface area is 158 Å². The lowest BCUT2D eigenvalue weighted by Gasteiger charge is -2.27. The number of hydrogen-bond acceptors (Lipinski definition) is 3. The van der Waals surface area contributed by atoms with Gasteiger partial charge in [0, 0.05) is 22.1 Å². The third-order valence-corrected chi connectivity index (χ3v) is 6.05. The molecule has 0 aliphatic carbocycles. The number of halogens is 1. The molecular formula is C18H22ClN3S2. The quantitative estimate of drug-likeness (QED) is 0.727. The summed E-state index contributed by atoms with van der Waals surface area (Å²) in [5, 5.41) is 10.2. The zero-order valence-electron chi connectivity index (χ0n) is 13.7. The highest BCUT2D eigenvalue weighted by atomic mass is 35.5. The summed E-state index contributed by atoms with van der Waals surface area (Å²) in [6, 6.07) is 10.5. The number of nitrogens with zero attached hydrogens (tertiary/aromatic N) is 1. The van der Waals surface area contributed by atoms with Crippen LogP contribution in [0.1, 0.15) is 29.3 Å². The topological polar surface area (TPSA) is 27.3 Å². The van der Waals surface area contributed by atoms with Crippen molar-refractivity contribution in [1.29, 1.82) is 0 Å². The zero-order chi connectivity index (χ0) is 16.9. The van der Waals surface area contributed by atoms with Crippen molar-refractivity contribution >= 4 is 46.0 Å². The summed E-state index contributed by atoms with van der Waals surface area (Å²) in [7, 11) is 0. The lowest BCUT2D eigenvalue weighted by molar-refractivity contribution is 0.249. The van der Waals surface area contributed by atoms with Gasteiger partial charge < -0.3 is 10.6 Å². The van der Waals surface area contributed by atoms with Crippen LogP contribution in [0.3, 0.4) is 0 Å². The molecule has 1 fully saturated rings. The third kappa shape index (κ3) is 4.28. The Kier molecular flexibility index (Phi) is 6.11. The first-order valence-electron chi connectivity index (χ1n) is 8.22. The van der Waals surface area contributed by atoms with Crippen molar-refractivity contribution in [3.63, 3.8) is 0 Å². The van der Waals surface area contributed by atoms with Gasteiger partial charge in [-0.2, -0.15) is 0 Å². The lowest BCUT2D eigenvalue weighted by atomic mass is 10.2. The Balaban J connectivity index is 1.62. The summed E-state index contributed by atoms with van der Waals surface area (Å²) >= 11 is 13.5. The summed E-state index contributed by atoms with van der Waals surface area (Å²) in [5.41, 5.74) is 1.96. The number of hydrogen-bond donors (Lipinski definition) is 2. The highest BCUT2D eigenvalue weighted by Gasteiger charge is 2.24. The van der Waals surface area contributed by atoms with E-state index in [1.807, 2.05) is 36.5 Å². The van der Waals surface area contributed by atoms with Crippen molar-refractivity contribution in [2.75, 3.05) is 25.0 Å². The maximum Gasteiger partial charge on any atom is 0.170 e. The summed E-state index contributed by atoms with van der Waals surface area (Å²) in [6.07, 6.45) is 2.57. The second-order valence-corrected chi connectivity index (χ2v) is 7.82. The Morgan fingerprint density at radius 3 is 2.79 bits per heavy atom. The van der Waals surface area contributed by atoms with Gasteiger partial charge in [0.15, 0.2) is 5.11 Å².